The largest absolute Gasteiger partial charge is 0.497 e. The van der Waals surface area contributed by atoms with Gasteiger partial charge in [0.2, 0.25) is 27.8 Å². The highest BCUT2D eigenvalue weighted by atomic mass is 32.2. The van der Waals surface area contributed by atoms with Gasteiger partial charge >= 0.3 is 0 Å². The van der Waals surface area contributed by atoms with Crippen LogP contribution in [0, 0.1) is 0 Å². The second kappa shape index (κ2) is 12.5. The summed E-state index contributed by atoms with van der Waals surface area (Å²) in [6, 6.07) is 12.3. The normalized spacial score (nSPS) is 15.2. The molecule has 1 aromatic carbocycles. The Bertz CT molecular complexity index is 1730. The summed E-state index contributed by atoms with van der Waals surface area (Å²) in [7, 11) is -2.19. The standard InChI is InChI=1S/C31H35N7O5S/c1-5-43-28-18-33-17-26(36-28)22-8-13-25(35-16-22)20(2)31(3,29(32)39)27-14-15-34-30(37-27)38(44(40,41)24-11-12-24)19-21-6-9-23(42-4)10-7-21/h6-10,13-18,20,24H,5,11-12,19H2,1-4H3,(H2,32,39). The molecule has 3 aromatic heterocycles. The van der Waals surface area contributed by atoms with Crippen LogP contribution in [-0.2, 0) is 26.8 Å². The minimum atomic E-state index is -3.76. The molecule has 230 valence electrons. The van der Waals surface area contributed by atoms with Crippen LogP contribution in [0.2, 0.25) is 0 Å². The third-order valence-electron chi connectivity index (χ3n) is 7.94. The molecule has 0 aliphatic heterocycles. The highest BCUT2D eigenvalue weighted by Crippen LogP contribution is 2.39. The molecule has 13 heteroatoms. The van der Waals surface area contributed by atoms with Crippen LogP contribution in [0.15, 0.2) is 67.3 Å². The van der Waals surface area contributed by atoms with Crippen molar-refractivity contribution in [1.82, 2.24) is 24.9 Å². The average molecular weight is 618 g/mol. The van der Waals surface area contributed by atoms with E-state index in [4.69, 9.17) is 15.2 Å². The van der Waals surface area contributed by atoms with E-state index >= 15 is 0 Å². The second-order valence-electron chi connectivity index (χ2n) is 10.8. The number of benzene rings is 1. The number of rotatable bonds is 13. The number of aromatic nitrogens is 5. The summed E-state index contributed by atoms with van der Waals surface area (Å²) >= 11 is 0. The minimum Gasteiger partial charge on any atom is -0.497 e. The number of amides is 1. The number of hydrogen-bond donors (Lipinski definition) is 1. The van der Waals surface area contributed by atoms with Crippen molar-refractivity contribution in [3.05, 3.63) is 84.2 Å². The van der Waals surface area contributed by atoms with E-state index in [1.54, 1.807) is 69.0 Å². The smallest absolute Gasteiger partial charge is 0.240 e. The van der Waals surface area contributed by atoms with Gasteiger partial charge in [0.15, 0.2) is 0 Å². The van der Waals surface area contributed by atoms with Gasteiger partial charge in [0.25, 0.3) is 0 Å². The summed E-state index contributed by atoms with van der Waals surface area (Å²) < 4.78 is 39.1. The van der Waals surface area contributed by atoms with Gasteiger partial charge in [-0.15, -0.1) is 0 Å². The molecular weight excluding hydrogens is 582 g/mol. The molecule has 1 aliphatic carbocycles. The molecule has 2 unspecified atom stereocenters. The predicted octanol–water partition coefficient (Wildman–Crippen LogP) is 3.78. The average Bonchev–Trinajstić information content (AvgIpc) is 3.90. The molecule has 1 saturated carbocycles. The maximum Gasteiger partial charge on any atom is 0.240 e. The number of ether oxygens (including phenoxy) is 2. The maximum absolute atomic E-state index is 13.6. The molecule has 3 heterocycles. The molecule has 1 aliphatic rings. The number of anilines is 1. The number of primary amides is 1. The zero-order chi connectivity index (χ0) is 31.5. The van der Waals surface area contributed by atoms with Gasteiger partial charge in [-0.1, -0.05) is 19.1 Å². The van der Waals surface area contributed by atoms with Crippen LogP contribution in [-0.4, -0.2) is 58.2 Å². The van der Waals surface area contributed by atoms with E-state index in [0.29, 0.717) is 42.5 Å². The lowest BCUT2D eigenvalue weighted by Crippen LogP contribution is -2.44. The minimum absolute atomic E-state index is 0.0194. The fourth-order valence-corrected chi connectivity index (χ4v) is 6.59. The molecule has 4 aromatic rings. The monoisotopic (exact) mass is 617 g/mol. The highest BCUT2D eigenvalue weighted by Gasteiger charge is 2.44. The van der Waals surface area contributed by atoms with Gasteiger partial charge < -0.3 is 15.2 Å². The van der Waals surface area contributed by atoms with Crippen LogP contribution in [0.4, 0.5) is 5.95 Å². The van der Waals surface area contributed by atoms with Crippen LogP contribution in [0.25, 0.3) is 11.3 Å². The number of carbonyl (C=O) groups is 1. The van der Waals surface area contributed by atoms with Gasteiger partial charge in [0, 0.05) is 29.6 Å². The first-order valence-corrected chi connectivity index (χ1v) is 15.8. The molecule has 1 fully saturated rings. The third-order valence-corrected chi connectivity index (χ3v) is 10.2. The molecule has 2 atom stereocenters. The van der Waals surface area contributed by atoms with E-state index in [1.165, 1.54) is 10.5 Å². The van der Waals surface area contributed by atoms with E-state index in [9.17, 15) is 13.2 Å². The van der Waals surface area contributed by atoms with E-state index in [-0.39, 0.29) is 18.2 Å². The lowest BCUT2D eigenvalue weighted by Gasteiger charge is -2.32. The summed E-state index contributed by atoms with van der Waals surface area (Å²) in [5.74, 6) is -0.132. The molecule has 44 heavy (non-hydrogen) atoms. The molecule has 5 rings (SSSR count). The van der Waals surface area contributed by atoms with Crippen LogP contribution < -0.4 is 19.5 Å². The molecule has 0 radical (unpaired) electrons. The Kier molecular flexibility index (Phi) is 8.77. The van der Waals surface area contributed by atoms with Gasteiger partial charge in [-0.25, -0.2) is 27.7 Å². The molecule has 12 nitrogen and oxygen atoms in total. The number of sulfonamides is 1. The molecule has 0 saturated heterocycles. The fourth-order valence-electron chi connectivity index (χ4n) is 4.85. The summed E-state index contributed by atoms with van der Waals surface area (Å²) in [5.41, 5.74) is 7.59. The number of hydrogen-bond acceptors (Lipinski definition) is 10. The van der Waals surface area contributed by atoms with E-state index in [1.807, 2.05) is 19.9 Å². The van der Waals surface area contributed by atoms with Crippen LogP contribution >= 0.6 is 0 Å². The van der Waals surface area contributed by atoms with Crippen molar-refractivity contribution in [1.29, 1.82) is 0 Å². The fraction of sp³-hybridized carbons (Fsp3) is 0.355. The van der Waals surface area contributed by atoms with Crippen LogP contribution in [0.1, 0.15) is 56.5 Å². The van der Waals surface area contributed by atoms with Crippen molar-refractivity contribution >= 4 is 21.9 Å². The quantitative estimate of drug-likeness (QED) is 0.233. The molecule has 0 spiro atoms. The Hall–Kier alpha value is -4.65. The maximum atomic E-state index is 13.6. The Morgan fingerprint density at radius 1 is 1.07 bits per heavy atom. The zero-order valence-electron chi connectivity index (χ0n) is 25.0. The Labute approximate surface area is 256 Å². The predicted molar refractivity (Wildman–Crippen MR) is 165 cm³/mol. The highest BCUT2D eigenvalue weighted by molar-refractivity contribution is 7.93. The topological polar surface area (TPSA) is 163 Å². The number of methoxy groups -OCH3 is 1. The van der Waals surface area contributed by atoms with Crippen LogP contribution in [0.5, 0.6) is 11.6 Å². The number of nitrogens with two attached hydrogens (primary N) is 1. The van der Waals surface area contributed by atoms with Crippen molar-refractivity contribution in [2.75, 3.05) is 18.0 Å². The first-order chi connectivity index (χ1) is 21.1. The van der Waals surface area contributed by atoms with Gasteiger partial charge in [-0.3, -0.25) is 14.8 Å². The van der Waals surface area contributed by atoms with E-state index in [2.05, 4.69) is 24.9 Å². The number of pyridine rings is 1. The van der Waals surface area contributed by atoms with Crippen molar-refractivity contribution in [3.63, 3.8) is 0 Å². The third kappa shape index (κ3) is 6.18. The van der Waals surface area contributed by atoms with Crippen molar-refractivity contribution in [2.45, 2.75) is 56.7 Å². The molecular formula is C31H35N7O5S. The summed E-state index contributed by atoms with van der Waals surface area (Å²) in [6.07, 6.45) is 7.40. The van der Waals surface area contributed by atoms with Crippen molar-refractivity contribution < 1.29 is 22.7 Å². The first-order valence-electron chi connectivity index (χ1n) is 14.3. The van der Waals surface area contributed by atoms with E-state index in [0.717, 1.165) is 11.1 Å². The molecule has 2 N–H and O–H groups in total. The zero-order valence-corrected chi connectivity index (χ0v) is 25.9. The van der Waals surface area contributed by atoms with Gasteiger partial charge in [0.1, 0.15) is 5.75 Å². The lowest BCUT2D eigenvalue weighted by atomic mass is 9.72. The Balaban J connectivity index is 1.48. The van der Waals surface area contributed by atoms with Gasteiger partial charge in [0.05, 0.1) is 54.7 Å². The summed E-state index contributed by atoms with van der Waals surface area (Å²) in [5, 5.41) is -0.504. The number of nitrogens with zero attached hydrogens (tertiary/aromatic N) is 6. The molecule has 1 amide bonds. The van der Waals surface area contributed by atoms with Crippen molar-refractivity contribution in [3.8, 4) is 22.9 Å². The Morgan fingerprint density at radius 3 is 2.43 bits per heavy atom. The second-order valence-corrected chi connectivity index (χ2v) is 12.9. The van der Waals surface area contributed by atoms with Gasteiger partial charge in [-0.05, 0) is 62.6 Å². The summed E-state index contributed by atoms with van der Waals surface area (Å²) in [6.45, 7) is 5.87. The Morgan fingerprint density at radius 2 is 1.82 bits per heavy atom. The summed E-state index contributed by atoms with van der Waals surface area (Å²) in [4.78, 5) is 35.4. The SMILES string of the molecule is CCOc1cncc(-c2ccc(C(C)C(C)(C(N)=O)c3ccnc(N(Cc4ccc(OC)cc4)S(=O)(=O)C4CC4)n3)nc2)n1. The van der Waals surface area contributed by atoms with Gasteiger partial charge in [-0.2, -0.15) is 0 Å². The number of carbonyl (C=O) groups excluding carboxylic acids is 1. The first kappa shape index (κ1) is 30.8. The lowest BCUT2D eigenvalue weighted by molar-refractivity contribution is -0.123. The van der Waals surface area contributed by atoms with Crippen LogP contribution in [0.3, 0.4) is 0 Å². The molecule has 0 bridgehead atoms. The van der Waals surface area contributed by atoms with E-state index < -0.39 is 32.5 Å². The van der Waals surface area contributed by atoms with Crippen molar-refractivity contribution in [2.24, 2.45) is 5.73 Å².